The number of nitrogens with one attached hydrogen (secondary N) is 2. The van der Waals surface area contributed by atoms with Gasteiger partial charge in [-0.2, -0.15) is 5.10 Å². The lowest BCUT2D eigenvalue weighted by Crippen LogP contribution is -2.14. The molecule has 3 aromatic rings. The third kappa shape index (κ3) is 3.66. The number of halogens is 1. The van der Waals surface area contributed by atoms with Gasteiger partial charge in [0.05, 0.1) is 5.01 Å². The Morgan fingerprint density at radius 1 is 1.39 bits per heavy atom. The van der Waals surface area contributed by atoms with Gasteiger partial charge in [0.25, 0.3) is 5.91 Å². The summed E-state index contributed by atoms with van der Waals surface area (Å²) in [6.07, 6.45) is 3.34. The average Bonchev–Trinajstić information content (AvgIpc) is 3.05. The fourth-order valence-electron chi connectivity index (χ4n) is 1.93. The first kappa shape index (κ1) is 15.4. The van der Waals surface area contributed by atoms with Gasteiger partial charge in [0.2, 0.25) is 0 Å². The third-order valence-electron chi connectivity index (χ3n) is 2.89. The van der Waals surface area contributed by atoms with Crippen molar-refractivity contribution in [3.8, 4) is 0 Å². The highest BCUT2D eigenvalue weighted by molar-refractivity contribution is 7.16. The van der Waals surface area contributed by atoms with Crippen molar-refractivity contribution in [3.63, 3.8) is 0 Å². The Morgan fingerprint density at radius 3 is 2.91 bits per heavy atom. The lowest BCUT2D eigenvalue weighted by molar-refractivity contribution is 0.102. The van der Waals surface area contributed by atoms with E-state index < -0.39 is 0 Å². The van der Waals surface area contributed by atoms with Crippen molar-refractivity contribution in [2.24, 2.45) is 7.05 Å². The summed E-state index contributed by atoms with van der Waals surface area (Å²) in [5.74, 6) is 0.150. The van der Waals surface area contributed by atoms with Crippen LogP contribution in [-0.2, 0) is 7.05 Å². The standard InChI is InChI=1S/C14H13ClN6OS/c1-8-17-12(13(22)19-11-4-6-21(2)20-11)14(23-8)18-9-3-5-16-10(15)7-9/h3-7H,1-2H3,(H,16,18)(H,19,20,22). The molecule has 23 heavy (non-hydrogen) atoms. The molecule has 118 valence electrons. The van der Waals surface area contributed by atoms with Crippen LogP contribution in [0.2, 0.25) is 5.15 Å². The maximum Gasteiger partial charge on any atom is 0.278 e. The van der Waals surface area contributed by atoms with E-state index in [-0.39, 0.29) is 5.91 Å². The molecule has 1 amide bonds. The van der Waals surface area contributed by atoms with Gasteiger partial charge in [-0.25, -0.2) is 9.97 Å². The van der Waals surface area contributed by atoms with E-state index in [1.54, 1.807) is 42.3 Å². The number of aryl methyl sites for hydroxylation is 2. The zero-order valence-corrected chi connectivity index (χ0v) is 13.9. The number of rotatable bonds is 4. The van der Waals surface area contributed by atoms with E-state index >= 15 is 0 Å². The Bertz CT molecular complexity index is 859. The summed E-state index contributed by atoms with van der Waals surface area (Å²) >= 11 is 7.26. The summed E-state index contributed by atoms with van der Waals surface area (Å²) in [7, 11) is 1.78. The third-order valence-corrected chi connectivity index (χ3v) is 3.98. The number of anilines is 3. The van der Waals surface area contributed by atoms with Crippen molar-refractivity contribution in [1.82, 2.24) is 19.7 Å². The molecule has 0 fully saturated rings. The Labute approximate surface area is 141 Å². The summed E-state index contributed by atoms with van der Waals surface area (Å²) in [6.45, 7) is 1.84. The molecule has 7 nitrogen and oxygen atoms in total. The van der Waals surface area contributed by atoms with E-state index in [0.29, 0.717) is 21.7 Å². The average molecular weight is 349 g/mol. The number of nitrogens with zero attached hydrogens (tertiary/aromatic N) is 4. The minimum absolute atomic E-state index is 0.311. The number of aromatic nitrogens is 4. The molecule has 3 rings (SSSR count). The highest BCUT2D eigenvalue weighted by Crippen LogP contribution is 2.28. The van der Waals surface area contributed by atoms with Gasteiger partial charge < -0.3 is 10.6 Å². The summed E-state index contributed by atoms with van der Waals surface area (Å²) in [5, 5.41) is 11.8. The van der Waals surface area contributed by atoms with Gasteiger partial charge in [-0.15, -0.1) is 11.3 Å². The number of pyridine rings is 1. The van der Waals surface area contributed by atoms with Crippen LogP contribution in [0.5, 0.6) is 0 Å². The predicted molar refractivity (Wildman–Crippen MR) is 90.5 cm³/mol. The van der Waals surface area contributed by atoms with Crippen LogP contribution < -0.4 is 10.6 Å². The van der Waals surface area contributed by atoms with Crippen LogP contribution in [0.4, 0.5) is 16.5 Å². The molecule has 3 aromatic heterocycles. The fraction of sp³-hybridized carbons (Fsp3) is 0.143. The highest BCUT2D eigenvalue weighted by Gasteiger charge is 2.18. The molecule has 0 aliphatic heterocycles. The van der Waals surface area contributed by atoms with Gasteiger partial charge in [-0.1, -0.05) is 11.6 Å². The molecule has 0 spiro atoms. The van der Waals surface area contributed by atoms with Crippen LogP contribution in [0.1, 0.15) is 15.5 Å². The molecular weight excluding hydrogens is 336 g/mol. The van der Waals surface area contributed by atoms with Crippen molar-refractivity contribution in [2.75, 3.05) is 10.6 Å². The lowest BCUT2D eigenvalue weighted by Gasteiger charge is -2.06. The van der Waals surface area contributed by atoms with E-state index in [9.17, 15) is 4.79 Å². The maximum absolute atomic E-state index is 12.4. The zero-order valence-electron chi connectivity index (χ0n) is 12.4. The number of hydrogen-bond donors (Lipinski definition) is 2. The SMILES string of the molecule is Cc1nc(C(=O)Nc2ccn(C)n2)c(Nc2ccnc(Cl)c2)s1. The predicted octanol–water partition coefficient (Wildman–Crippen LogP) is 3.23. The first-order valence-electron chi connectivity index (χ1n) is 6.68. The van der Waals surface area contributed by atoms with Crippen LogP contribution in [-0.4, -0.2) is 25.7 Å². The molecule has 0 unspecified atom stereocenters. The van der Waals surface area contributed by atoms with Gasteiger partial charge in [0, 0.05) is 31.2 Å². The van der Waals surface area contributed by atoms with E-state index in [1.807, 2.05) is 6.92 Å². The lowest BCUT2D eigenvalue weighted by atomic mass is 10.3. The topological polar surface area (TPSA) is 84.7 Å². The second kappa shape index (κ2) is 6.35. The smallest absolute Gasteiger partial charge is 0.278 e. The highest BCUT2D eigenvalue weighted by atomic mass is 35.5. The maximum atomic E-state index is 12.4. The molecule has 0 bridgehead atoms. The van der Waals surface area contributed by atoms with Crippen LogP contribution in [0.15, 0.2) is 30.6 Å². The molecule has 0 atom stereocenters. The van der Waals surface area contributed by atoms with E-state index in [1.165, 1.54) is 11.3 Å². The van der Waals surface area contributed by atoms with Gasteiger partial charge in [0.1, 0.15) is 10.2 Å². The van der Waals surface area contributed by atoms with Crippen LogP contribution in [0.3, 0.4) is 0 Å². The number of hydrogen-bond acceptors (Lipinski definition) is 6. The Balaban J connectivity index is 1.83. The summed E-state index contributed by atoms with van der Waals surface area (Å²) < 4.78 is 1.61. The molecule has 0 aliphatic carbocycles. The van der Waals surface area contributed by atoms with Crippen LogP contribution in [0.25, 0.3) is 0 Å². The number of amides is 1. The number of thiazole rings is 1. The van der Waals surface area contributed by atoms with Crippen molar-refractivity contribution >= 4 is 45.4 Å². The Morgan fingerprint density at radius 2 is 2.22 bits per heavy atom. The minimum Gasteiger partial charge on any atom is -0.345 e. The summed E-state index contributed by atoms with van der Waals surface area (Å²) in [5.41, 5.74) is 1.05. The second-order valence-corrected chi connectivity index (χ2v) is 6.32. The quantitative estimate of drug-likeness (QED) is 0.707. The molecule has 0 radical (unpaired) electrons. The second-order valence-electron chi connectivity index (χ2n) is 4.73. The van der Waals surface area contributed by atoms with Crippen molar-refractivity contribution in [1.29, 1.82) is 0 Å². The molecule has 0 saturated heterocycles. The van der Waals surface area contributed by atoms with Crippen molar-refractivity contribution in [2.45, 2.75) is 6.92 Å². The zero-order chi connectivity index (χ0) is 16.4. The molecule has 2 N–H and O–H groups in total. The van der Waals surface area contributed by atoms with Crippen LogP contribution in [0, 0.1) is 6.92 Å². The van der Waals surface area contributed by atoms with Gasteiger partial charge in [-0.05, 0) is 19.1 Å². The van der Waals surface area contributed by atoms with E-state index in [2.05, 4.69) is 25.7 Å². The Hall–Kier alpha value is -2.45. The fourth-order valence-corrected chi connectivity index (χ4v) is 2.94. The molecule has 0 aromatic carbocycles. The number of carbonyl (C=O) groups excluding carboxylic acids is 1. The van der Waals surface area contributed by atoms with Gasteiger partial charge in [0.15, 0.2) is 11.5 Å². The first-order chi connectivity index (χ1) is 11.0. The molecule has 3 heterocycles. The van der Waals surface area contributed by atoms with Crippen molar-refractivity contribution in [3.05, 3.63) is 46.4 Å². The largest absolute Gasteiger partial charge is 0.345 e. The molecule has 9 heteroatoms. The molecule has 0 saturated carbocycles. The van der Waals surface area contributed by atoms with E-state index in [0.717, 1.165) is 10.7 Å². The van der Waals surface area contributed by atoms with Gasteiger partial charge >= 0.3 is 0 Å². The van der Waals surface area contributed by atoms with Gasteiger partial charge in [-0.3, -0.25) is 9.48 Å². The monoisotopic (exact) mass is 348 g/mol. The summed E-state index contributed by atoms with van der Waals surface area (Å²) in [4.78, 5) is 20.6. The van der Waals surface area contributed by atoms with Crippen molar-refractivity contribution < 1.29 is 4.79 Å². The Kier molecular flexibility index (Phi) is 4.26. The molecular formula is C14H13ClN6OS. The normalized spacial score (nSPS) is 10.6. The van der Waals surface area contributed by atoms with Crippen LogP contribution >= 0.6 is 22.9 Å². The molecule has 0 aliphatic rings. The van der Waals surface area contributed by atoms with E-state index in [4.69, 9.17) is 11.6 Å². The summed E-state index contributed by atoms with van der Waals surface area (Å²) in [6, 6.07) is 5.16. The first-order valence-corrected chi connectivity index (χ1v) is 7.88. The number of carbonyl (C=O) groups is 1. The minimum atomic E-state index is -0.323.